The van der Waals surface area contributed by atoms with Crippen molar-refractivity contribution in [3.05, 3.63) is 54.0 Å². The van der Waals surface area contributed by atoms with E-state index >= 15 is 0 Å². The summed E-state index contributed by atoms with van der Waals surface area (Å²) in [6.45, 7) is 4.65. The molecule has 5 rings (SSSR count). The van der Waals surface area contributed by atoms with Gasteiger partial charge in [-0.1, -0.05) is 17.3 Å². The maximum atomic E-state index is 11.7. The van der Waals surface area contributed by atoms with E-state index in [1.54, 1.807) is 18.3 Å². The molecule has 2 aromatic heterocycles. The number of nitrogens with zero attached hydrogens (tertiary/aromatic N) is 5. The number of hydrogen-bond acceptors (Lipinski definition) is 9. The lowest BCUT2D eigenvalue weighted by Crippen LogP contribution is -2.36. The van der Waals surface area contributed by atoms with E-state index in [2.05, 4.69) is 19.9 Å². The van der Waals surface area contributed by atoms with Gasteiger partial charge in [-0.05, 0) is 49.2 Å². The summed E-state index contributed by atoms with van der Waals surface area (Å²) in [6, 6.07) is 11.0. The molecular weight excluding hydrogens is 442 g/mol. The highest BCUT2D eigenvalue weighted by molar-refractivity contribution is 7.90. The summed E-state index contributed by atoms with van der Waals surface area (Å²) in [6.07, 6.45) is 4.98. The molecule has 0 radical (unpaired) electrons. The van der Waals surface area contributed by atoms with Crippen molar-refractivity contribution in [1.82, 2.24) is 20.0 Å². The Labute approximate surface area is 193 Å². The average molecular weight is 470 g/mol. The average Bonchev–Trinajstić information content (AvgIpc) is 3.49. The first kappa shape index (κ1) is 22.0. The molecule has 0 N–H and O–H groups in total. The Morgan fingerprint density at radius 3 is 2.64 bits per heavy atom. The van der Waals surface area contributed by atoms with Crippen LogP contribution >= 0.6 is 0 Å². The molecule has 2 aliphatic heterocycles. The number of anilines is 1. The van der Waals surface area contributed by atoms with E-state index in [0.29, 0.717) is 36.4 Å². The predicted octanol–water partition coefficient (Wildman–Crippen LogP) is 2.71. The van der Waals surface area contributed by atoms with Crippen molar-refractivity contribution < 1.29 is 17.7 Å². The fourth-order valence-electron chi connectivity index (χ4n) is 4.38. The van der Waals surface area contributed by atoms with E-state index < -0.39 is 9.84 Å². The van der Waals surface area contributed by atoms with Gasteiger partial charge in [0.25, 0.3) is 0 Å². The van der Waals surface area contributed by atoms with Crippen LogP contribution in [0.15, 0.2) is 52.0 Å². The highest BCUT2D eigenvalue weighted by atomic mass is 32.2. The van der Waals surface area contributed by atoms with Gasteiger partial charge in [0, 0.05) is 37.7 Å². The lowest BCUT2D eigenvalue weighted by atomic mass is 10.2. The topological polar surface area (TPSA) is 102 Å². The van der Waals surface area contributed by atoms with Gasteiger partial charge in [0.2, 0.25) is 11.7 Å². The third-order valence-corrected chi connectivity index (χ3v) is 7.29. The number of morpholine rings is 1. The van der Waals surface area contributed by atoms with Crippen molar-refractivity contribution in [2.75, 3.05) is 44.0 Å². The second-order valence-corrected chi connectivity index (χ2v) is 10.5. The van der Waals surface area contributed by atoms with E-state index in [0.717, 1.165) is 49.4 Å². The Morgan fingerprint density at radius 1 is 1.09 bits per heavy atom. The zero-order chi connectivity index (χ0) is 22.8. The molecule has 1 atom stereocenters. The predicted molar refractivity (Wildman–Crippen MR) is 122 cm³/mol. The number of hydrogen-bond donors (Lipinski definition) is 0. The zero-order valence-electron chi connectivity index (χ0n) is 18.6. The minimum atomic E-state index is -3.20. The first-order chi connectivity index (χ1) is 16.0. The van der Waals surface area contributed by atoms with Gasteiger partial charge in [-0.15, -0.1) is 0 Å². The van der Waals surface area contributed by atoms with E-state index in [-0.39, 0.29) is 6.04 Å². The Morgan fingerprint density at radius 2 is 1.88 bits per heavy atom. The van der Waals surface area contributed by atoms with E-state index in [9.17, 15) is 8.42 Å². The molecule has 1 aromatic carbocycles. The molecule has 4 heterocycles. The number of likely N-dealkylation sites (tertiary alicyclic amines) is 1. The first-order valence-electron chi connectivity index (χ1n) is 11.1. The van der Waals surface area contributed by atoms with Crippen molar-refractivity contribution in [3.8, 4) is 11.4 Å². The minimum Gasteiger partial charge on any atom is -0.378 e. The highest BCUT2D eigenvalue weighted by Crippen LogP contribution is 2.33. The van der Waals surface area contributed by atoms with Gasteiger partial charge < -0.3 is 14.2 Å². The van der Waals surface area contributed by atoms with Crippen LogP contribution in [-0.4, -0.2) is 67.5 Å². The van der Waals surface area contributed by atoms with Crippen LogP contribution < -0.4 is 4.90 Å². The summed E-state index contributed by atoms with van der Waals surface area (Å²) >= 11 is 0. The smallest absolute Gasteiger partial charge is 0.244 e. The van der Waals surface area contributed by atoms with Gasteiger partial charge in [0.05, 0.1) is 24.2 Å². The molecule has 2 saturated heterocycles. The molecular formula is C23H27N5O4S. The summed E-state index contributed by atoms with van der Waals surface area (Å²) in [5, 5.41) is 4.25. The van der Waals surface area contributed by atoms with Gasteiger partial charge in [0.15, 0.2) is 9.84 Å². The van der Waals surface area contributed by atoms with Crippen LogP contribution in [0.2, 0.25) is 0 Å². The molecule has 0 spiro atoms. The number of ether oxygens (including phenoxy) is 1. The molecule has 33 heavy (non-hydrogen) atoms. The molecule has 2 aliphatic rings. The monoisotopic (exact) mass is 469 g/mol. The molecule has 0 saturated carbocycles. The molecule has 0 amide bonds. The molecule has 0 bridgehead atoms. The first-order valence-corrected chi connectivity index (χ1v) is 13.0. The van der Waals surface area contributed by atoms with Crippen LogP contribution in [0, 0.1) is 0 Å². The van der Waals surface area contributed by atoms with Crippen molar-refractivity contribution >= 4 is 15.7 Å². The quantitative estimate of drug-likeness (QED) is 0.539. The molecule has 3 aromatic rings. The van der Waals surface area contributed by atoms with E-state index in [1.807, 2.05) is 24.3 Å². The molecule has 1 unspecified atom stereocenters. The Bertz CT molecular complexity index is 1210. The molecule has 9 nitrogen and oxygen atoms in total. The summed E-state index contributed by atoms with van der Waals surface area (Å²) in [5.41, 5.74) is 1.93. The Balaban J connectivity index is 1.31. The third kappa shape index (κ3) is 4.92. The van der Waals surface area contributed by atoms with Gasteiger partial charge in [0.1, 0.15) is 5.82 Å². The van der Waals surface area contributed by atoms with Crippen molar-refractivity contribution in [2.45, 2.75) is 30.3 Å². The summed E-state index contributed by atoms with van der Waals surface area (Å²) in [5.74, 6) is 2.06. The van der Waals surface area contributed by atoms with Crippen molar-refractivity contribution in [3.63, 3.8) is 0 Å². The van der Waals surface area contributed by atoms with E-state index in [4.69, 9.17) is 14.2 Å². The molecule has 0 aliphatic carbocycles. The maximum Gasteiger partial charge on any atom is 0.244 e. The van der Waals surface area contributed by atoms with Crippen LogP contribution in [-0.2, 0) is 21.1 Å². The number of aromatic nitrogens is 3. The fraction of sp³-hybridized carbons (Fsp3) is 0.435. The zero-order valence-corrected chi connectivity index (χ0v) is 19.4. The van der Waals surface area contributed by atoms with Gasteiger partial charge in [-0.25, -0.2) is 13.4 Å². The maximum absolute atomic E-state index is 11.7. The minimum absolute atomic E-state index is 0.0429. The Kier molecular flexibility index (Phi) is 6.13. The van der Waals surface area contributed by atoms with Gasteiger partial charge >= 0.3 is 0 Å². The van der Waals surface area contributed by atoms with Gasteiger partial charge in [-0.3, -0.25) is 4.90 Å². The van der Waals surface area contributed by atoms with Crippen LogP contribution in [0.3, 0.4) is 0 Å². The third-order valence-electron chi connectivity index (χ3n) is 6.17. The number of sulfone groups is 1. The van der Waals surface area contributed by atoms with Crippen LogP contribution in [0.1, 0.15) is 30.3 Å². The second kappa shape index (κ2) is 9.20. The second-order valence-electron chi connectivity index (χ2n) is 8.50. The largest absolute Gasteiger partial charge is 0.378 e. The van der Waals surface area contributed by atoms with Gasteiger partial charge in [-0.2, -0.15) is 4.98 Å². The SMILES string of the molecule is CS(=O)(=O)c1ccc(CN2CCCC2c2nc(-c3ccnc(N4CCOCC4)c3)no2)cc1. The van der Waals surface area contributed by atoms with Crippen LogP contribution in [0.4, 0.5) is 5.82 Å². The van der Waals surface area contributed by atoms with Crippen LogP contribution in [0.25, 0.3) is 11.4 Å². The van der Waals surface area contributed by atoms with E-state index in [1.165, 1.54) is 6.26 Å². The molecule has 174 valence electrons. The van der Waals surface area contributed by atoms with Crippen molar-refractivity contribution in [1.29, 1.82) is 0 Å². The number of benzene rings is 1. The summed E-state index contributed by atoms with van der Waals surface area (Å²) in [7, 11) is -3.20. The lowest BCUT2D eigenvalue weighted by Gasteiger charge is -2.27. The number of pyridine rings is 1. The lowest BCUT2D eigenvalue weighted by molar-refractivity contribution is 0.122. The molecule has 10 heteroatoms. The van der Waals surface area contributed by atoms with Crippen molar-refractivity contribution in [2.24, 2.45) is 0 Å². The highest BCUT2D eigenvalue weighted by Gasteiger charge is 2.31. The number of rotatable bonds is 6. The summed E-state index contributed by atoms with van der Waals surface area (Å²) in [4.78, 5) is 14.0. The standard InChI is InChI=1S/C23H27N5O4S/c1-33(29,30)19-6-4-17(5-7-19)16-28-10-2-3-20(28)23-25-22(26-32-23)18-8-9-24-21(15-18)27-11-13-31-14-12-27/h4-9,15,20H,2-3,10-14,16H2,1H3. The fourth-order valence-corrected chi connectivity index (χ4v) is 5.01. The Hall–Kier alpha value is -2.82. The summed E-state index contributed by atoms with van der Waals surface area (Å²) < 4.78 is 34.5. The van der Waals surface area contributed by atoms with Crippen LogP contribution in [0.5, 0.6) is 0 Å². The normalized spacial score (nSPS) is 19.8. The molecule has 2 fully saturated rings.